The van der Waals surface area contributed by atoms with Gasteiger partial charge in [0.1, 0.15) is 0 Å². The van der Waals surface area contributed by atoms with E-state index in [0.717, 1.165) is 5.56 Å². The average Bonchev–Trinajstić information content (AvgIpc) is 2.42. The molecule has 4 heteroatoms. The van der Waals surface area contributed by atoms with Crippen LogP contribution in [0.15, 0.2) is 36.4 Å². The third-order valence-electron chi connectivity index (χ3n) is 2.90. The molecule has 94 valence electrons. The molecule has 0 spiro atoms. The molecular formula is C14H14O4. The number of phenolic OH excluding ortho intramolecular Hbond substituents is 1. The third-order valence-corrected chi connectivity index (χ3v) is 2.90. The molecule has 0 amide bonds. The van der Waals surface area contributed by atoms with Crippen molar-refractivity contribution >= 4 is 0 Å². The minimum atomic E-state index is -0.448. The van der Waals surface area contributed by atoms with Crippen molar-refractivity contribution in [3.05, 3.63) is 47.5 Å². The Hall–Kier alpha value is -2.04. The van der Waals surface area contributed by atoms with E-state index < -0.39 is 6.61 Å². The van der Waals surface area contributed by atoms with Crippen molar-refractivity contribution in [1.29, 1.82) is 0 Å². The molecule has 0 aliphatic heterocycles. The number of aliphatic hydroxyl groups is 2. The van der Waals surface area contributed by atoms with Crippen LogP contribution in [0.4, 0.5) is 0 Å². The van der Waals surface area contributed by atoms with Crippen LogP contribution in [0.1, 0.15) is 11.1 Å². The highest BCUT2D eigenvalue weighted by Crippen LogP contribution is 2.38. The molecule has 0 fully saturated rings. The number of phenols is 2. The molecule has 0 unspecified atom stereocenters. The van der Waals surface area contributed by atoms with Gasteiger partial charge in [-0.2, -0.15) is 0 Å². The van der Waals surface area contributed by atoms with Gasteiger partial charge in [0.05, 0.1) is 13.2 Å². The van der Waals surface area contributed by atoms with Gasteiger partial charge in [-0.1, -0.05) is 30.3 Å². The van der Waals surface area contributed by atoms with Crippen LogP contribution in [-0.4, -0.2) is 20.4 Å². The summed E-state index contributed by atoms with van der Waals surface area (Å²) < 4.78 is 0. The fraction of sp³-hybridized carbons (Fsp3) is 0.143. The molecule has 0 saturated heterocycles. The summed E-state index contributed by atoms with van der Waals surface area (Å²) >= 11 is 0. The zero-order valence-corrected chi connectivity index (χ0v) is 9.67. The molecule has 0 heterocycles. The first-order valence-corrected chi connectivity index (χ1v) is 5.52. The van der Waals surface area contributed by atoms with E-state index in [9.17, 15) is 20.4 Å². The second-order valence-electron chi connectivity index (χ2n) is 3.93. The Morgan fingerprint density at radius 3 is 2.00 bits per heavy atom. The lowest BCUT2D eigenvalue weighted by Gasteiger charge is -2.14. The van der Waals surface area contributed by atoms with Crippen molar-refractivity contribution in [3.8, 4) is 22.6 Å². The summed E-state index contributed by atoms with van der Waals surface area (Å²) in [5, 5.41) is 38.0. The molecule has 2 aromatic carbocycles. The fourth-order valence-electron chi connectivity index (χ4n) is 1.98. The maximum atomic E-state index is 9.66. The predicted molar refractivity (Wildman–Crippen MR) is 67.1 cm³/mol. The molecule has 0 saturated carbocycles. The second-order valence-corrected chi connectivity index (χ2v) is 3.93. The number of aromatic hydroxyl groups is 2. The van der Waals surface area contributed by atoms with Crippen molar-refractivity contribution in [2.24, 2.45) is 0 Å². The molecule has 2 rings (SSSR count). The number of hydrogen-bond acceptors (Lipinski definition) is 4. The Morgan fingerprint density at radius 1 is 0.833 bits per heavy atom. The molecule has 0 aromatic heterocycles. The van der Waals surface area contributed by atoms with Crippen LogP contribution in [0.2, 0.25) is 0 Å². The molecule has 0 bridgehead atoms. The smallest absolute Gasteiger partial charge is 0.163 e. The van der Waals surface area contributed by atoms with E-state index in [1.165, 1.54) is 6.07 Å². The quantitative estimate of drug-likeness (QED) is 0.622. The molecule has 4 nitrogen and oxygen atoms in total. The summed E-state index contributed by atoms with van der Waals surface area (Å²) in [6.45, 7) is -0.774. The van der Waals surface area contributed by atoms with Crippen molar-refractivity contribution in [2.45, 2.75) is 13.2 Å². The van der Waals surface area contributed by atoms with E-state index in [-0.39, 0.29) is 23.7 Å². The van der Waals surface area contributed by atoms with E-state index in [2.05, 4.69) is 0 Å². The summed E-state index contributed by atoms with van der Waals surface area (Å²) in [5.74, 6) is -0.698. The Labute approximate surface area is 104 Å². The van der Waals surface area contributed by atoms with E-state index in [0.29, 0.717) is 11.1 Å². The van der Waals surface area contributed by atoms with Gasteiger partial charge in [-0.25, -0.2) is 0 Å². The minimum Gasteiger partial charge on any atom is -0.504 e. The van der Waals surface area contributed by atoms with Gasteiger partial charge in [-0.15, -0.1) is 0 Å². The van der Waals surface area contributed by atoms with Crippen LogP contribution in [0.3, 0.4) is 0 Å². The lowest BCUT2D eigenvalue weighted by molar-refractivity contribution is 0.253. The van der Waals surface area contributed by atoms with Crippen LogP contribution in [0.25, 0.3) is 11.1 Å². The SMILES string of the molecule is OCc1c(-c2ccccc2)cc(O)c(O)c1CO. The summed E-state index contributed by atoms with van der Waals surface area (Å²) in [4.78, 5) is 0. The minimum absolute atomic E-state index is 0.149. The molecule has 0 atom stereocenters. The average molecular weight is 246 g/mol. The van der Waals surface area contributed by atoms with Crippen molar-refractivity contribution in [2.75, 3.05) is 0 Å². The van der Waals surface area contributed by atoms with E-state index in [4.69, 9.17) is 0 Å². The van der Waals surface area contributed by atoms with Crippen LogP contribution >= 0.6 is 0 Å². The number of hydrogen-bond donors (Lipinski definition) is 4. The molecule has 4 N–H and O–H groups in total. The maximum Gasteiger partial charge on any atom is 0.163 e. The van der Waals surface area contributed by atoms with Gasteiger partial charge in [0, 0.05) is 5.56 Å². The molecule has 2 aromatic rings. The number of benzene rings is 2. The Balaban J connectivity index is 2.71. The normalized spacial score (nSPS) is 10.6. The number of rotatable bonds is 3. The molecule has 0 radical (unpaired) electrons. The molecular weight excluding hydrogens is 232 g/mol. The van der Waals surface area contributed by atoms with Crippen molar-refractivity contribution < 1.29 is 20.4 Å². The van der Waals surface area contributed by atoms with Gasteiger partial charge >= 0.3 is 0 Å². The Kier molecular flexibility index (Phi) is 3.50. The van der Waals surface area contributed by atoms with Gasteiger partial charge < -0.3 is 20.4 Å². The van der Waals surface area contributed by atoms with E-state index >= 15 is 0 Å². The van der Waals surface area contributed by atoms with Crippen LogP contribution in [0, 0.1) is 0 Å². The van der Waals surface area contributed by atoms with Crippen molar-refractivity contribution in [3.63, 3.8) is 0 Å². The monoisotopic (exact) mass is 246 g/mol. The fourth-order valence-corrected chi connectivity index (χ4v) is 1.98. The number of aliphatic hydroxyl groups excluding tert-OH is 2. The lowest BCUT2D eigenvalue weighted by atomic mass is 9.94. The third kappa shape index (κ3) is 2.03. The molecule has 0 aliphatic rings. The highest BCUT2D eigenvalue weighted by molar-refractivity contribution is 5.73. The van der Waals surface area contributed by atoms with Gasteiger partial charge in [0.25, 0.3) is 0 Å². The van der Waals surface area contributed by atoms with E-state index in [1.54, 1.807) is 0 Å². The Bertz CT molecular complexity index is 549. The van der Waals surface area contributed by atoms with Crippen LogP contribution in [-0.2, 0) is 13.2 Å². The Morgan fingerprint density at radius 2 is 1.44 bits per heavy atom. The highest BCUT2D eigenvalue weighted by atomic mass is 16.3. The zero-order chi connectivity index (χ0) is 13.1. The van der Waals surface area contributed by atoms with Crippen LogP contribution < -0.4 is 0 Å². The summed E-state index contributed by atoms with van der Waals surface area (Å²) in [5.41, 5.74) is 1.96. The zero-order valence-electron chi connectivity index (χ0n) is 9.67. The van der Waals surface area contributed by atoms with Crippen molar-refractivity contribution in [1.82, 2.24) is 0 Å². The lowest BCUT2D eigenvalue weighted by Crippen LogP contribution is -1.98. The second kappa shape index (κ2) is 5.08. The molecule has 18 heavy (non-hydrogen) atoms. The van der Waals surface area contributed by atoms with Gasteiger partial charge in [-0.3, -0.25) is 0 Å². The summed E-state index contributed by atoms with van der Waals surface area (Å²) in [6, 6.07) is 10.6. The largest absolute Gasteiger partial charge is 0.504 e. The summed E-state index contributed by atoms with van der Waals surface area (Å²) in [6.07, 6.45) is 0. The van der Waals surface area contributed by atoms with Gasteiger partial charge in [-0.05, 0) is 22.8 Å². The molecule has 0 aliphatic carbocycles. The standard InChI is InChI=1S/C14H14O4/c15-7-11-10(9-4-2-1-3-5-9)6-13(17)14(18)12(11)8-16/h1-6,15-18H,7-8H2. The van der Waals surface area contributed by atoms with Crippen LogP contribution in [0.5, 0.6) is 11.5 Å². The predicted octanol–water partition coefficient (Wildman–Crippen LogP) is 1.75. The van der Waals surface area contributed by atoms with Gasteiger partial charge in [0.2, 0.25) is 0 Å². The topological polar surface area (TPSA) is 80.9 Å². The first-order chi connectivity index (χ1) is 8.69. The first-order valence-electron chi connectivity index (χ1n) is 5.52. The van der Waals surface area contributed by atoms with E-state index in [1.807, 2.05) is 30.3 Å². The highest BCUT2D eigenvalue weighted by Gasteiger charge is 2.17. The first kappa shape index (κ1) is 12.4. The van der Waals surface area contributed by atoms with Gasteiger partial charge in [0.15, 0.2) is 11.5 Å². The maximum absolute atomic E-state index is 9.66. The summed E-state index contributed by atoms with van der Waals surface area (Å²) in [7, 11) is 0.